The number of aromatic nitrogens is 1. The minimum Gasteiger partial charge on any atom is -0.309 e. The van der Waals surface area contributed by atoms with Crippen molar-refractivity contribution >= 4 is 75.2 Å². The van der Waals surface area contributed by atoms with E-state index in [1.54, 1.807) is 0 Å². The fraction of sp³-hybridized carbons (Fsp3) is 0.0833. The molecule has 0 radical (unpaired) electrons. The zero-order valence-electron chi connectivity index (χ0n) is 27.6. The van der Waals surface area contributed by atoms with Crippen LogP contribution in [-0.4, -0.2) is 4.57 Å². The molecule has 0 fully saturated rings. The standard InChI is InChI=1S/C48H33NS/c1-2-11-31-26-35(23-20-30(31)10-1)49-44-18-7-5-14-38(44)42-27-33(21-24-45(42)49)41-29-34-12-9-17-36(48(34)40-16-4-3-13-37(40)41)32-22-25-47-43(28-32)39-15-6-8-19-46(39)50-47/h1-3,5-15,17-28,34H,4,16,29H2. The maximum absolute atomic E-state index is 2.47. The Labute approximate surface area is 295 Å². The molecule has 0 spiro atoms. The molecule has 0 amide bonds. The summed E-state index contributed by atoms with van der Waals surface area (Å²) in [5.41, 5.74) is 13.7. The predicted molar refractivity (Wildman–Crippen MR) is 215 cm³/mol. The highest BCUT2D eigenvalue weighted by molar-refractivity contribution is 7.25. The highest BCUT2D eigenvalue weighted by Gasteiger charge is 2.32. The molecule has 1 nitrogen and oxygen atoms in total. The Kier molecular flexibility index (Phi) is 6.14. The van der Waals surface area contributed by atoms with E-state index in [4.69, 9.17) is 0 Å². The average molecular weight is 656 g/mol. The van der Waals surface area contributed by atoms with Crippen LogP contribution >= 0.6 is 11.3 Å². The van der Waals surface area contributed by atoms with Crippen molar-refractivity contribution in [2.45, 2.75) is 19.3 Å². The lowest BCUT2D eigenvalue weighted by Gasteiger charge is -2.35. The molecular weight excluding hydrogens is 623 g/mol. The van der Waals surface area contributed by atoms with Gasteiger partial charge in [-0.05, 0) is 118 Å². The van der Waals surface area contributed by atoms with Gasteiger partial charge in [0.05, 0.1) is 11.0 Å². The van der Waals surface area contributed by atoms with Gasteiger partial charge in [-0.2, -0.15) is 0 Å². The van der Waals surface area contributed by atoms with Gasteiger partial charge < -0.3 is 4.57 Å². The van der Waals surface area contributed by atoms with Crippen molar-refractivity contribution in [1.82, 2.24) is 4.57 Å². The zero-order chi connectivity index (χ0) is 32.8. The molecule has 2 heteroatoms. The molecular formula is C48H33NS. The molecule has 3 aliphatic carbocycles. The molecule has 6 aromatic carbocycles. The van der Waals surface area contributed by atoms with Gasteiger partial charge in [-0.3, -0.25) is 0 Å². The van der Waals surface area contributed by atoms with E-state index in [1.165, 1.54) is 97.4 Å². The number of nitrogens with zero attached hydrogens (tertiary/aromatic N) is 1. The lowest BCUT2D eigenvalue weighted by molar-refractivity contribution is 0.760. The molecule has 2 heterocycles. The molecule has 50 heavy (non-hydrogen) atoms. The van der Waals surface area contributed by atoms with Gasteiger partial charge in [-0.25, -0.2) is 0 Å². The summed E-state index contributed by atoms with van der Waals surface area (Å²) < 4.78 is 5.16. The van der Waals surface area contributed by atoms with Gasteiger partial charge in [0.15, 0.2) is 0 Å². The monoisotopic (exact) mass is 655 g/mol. The molecule has 236 valence electrons. The Hall–Kier alpha value is -5.70. The summed E-state index contributed by atoms with van der Waals surface area (Å²) in [7, 11) is 0. The summed E-state index contributed by atoms with van der Waals surface area (Å²) in [5, 5.41) is 7.87. The molecule has 0 aliphatic heterocycles. The first kappa shape index (κ1) is 28.2. The van der Waals surface area contributed by atoms with Crippen LogP contribution in [0, 0.1) is 5.92 Å². The molecule has 11 rings (SSSR count). The summed E-state index contributed by atoms with van der Waals surface area (Å²) in [4.78, 5) is 0. The van der Waals surface area contributed by atoms with Crippen molar-refractivity contribution in [2.75, 3.05) is 0 Å². The van der Waals surface area contributed by atoms with Crippen molar-refractivity contribution in [2.24, 2.45) is 5.92 Å². The van der Waals surface area contributed by atoms with Crippen LogP contribution in [0.1, 0.15) is 30.4 Å². The highest BCUT2D eigenvalue weighted by Crippen LogP contribution is 2.50. The summed E-state index contributed by atoms with van der Waals surface area (Å²) in [6, 6.07) is 47.5. The Morgan fingerprint density at radius 1 is 0.600 bits per heavy atom. The van der Waals surface area contributed by atoms with E-state index >= 15 is 0 Å². The van der Waals surface area contributed by atoms with Crippen LogP contribution in [0.15, 0.2) is 174 Å². The summed E-state index contributed by atoms with van der Waals surface area (Å²) in [5.74, 6) is 0.361. The minimum absolute atomic E-state index is 0.361. The maximum Gasteiger partial charge on any atom is 0.0541 e. The third-order valence-electron chi connectivity index (χ3n) is 11.2. The second kappa shape index (κ2) is 10.9. The third-order valence-corrected chi connectivity index (χ3v) is 12.4. The lowest BCUT2D eigenvalue weighted by atomic mass is 9.69. The average Bonchev–Trinajstić information content (AvgIpc) is 3.72. The fourth-order valence-electron chi connectivity index (χ4n) is 8.96. The van der Waals surface area contributed by atoms with Crippen molar-refractivity contribution < 1.29 is 0 Å². The Bertz CT molecular complexity index is 2900. The summed E-state index contributed by atoms with van der Waals surface area (Å²) in [6.45, 7) is 0. The van der Waals surface area contributed by atoms with E-state index in [-0.39, 0.29) is 0 Å². The highest BCUT2D eigenvalue weighted by atomic mass is 32.1. The van der Waals surface area contributed by atoms with E-state index in [0.29, 0.717) is 5.92 Å². The third kappa shape index (κ3) is 4.19. The number of hydrogen-bond acceptors (Lipinski definition) is 1. The second-order valence-electron chi connectivity index (χ2n) is 13.9. The topological polar surface area (TPSA) is 4.93 Å². The summed E-state index contributed by atoms with van der Waals surface area (Å²) in [6.07, 6.45) is 15.1. The lowest BCUT2D eigenvalue weighted by Crippen LogP contribution is -2.18. The van der Waals surface area contributed by atoms with Crippen LogP contribution in [0.2, 0.25) is 0 Å². The molecule has 1 atom stereocenters. The number of thiophene rings is 1. The van der Waals surface area contributed by atoms with Crippen LogP contribution in [-0.2, 0) is 0 Å². The fourth-order valence-corrected chi connectivity index (χ4v) is 10.0. The maximum atomic E-state index is 2.47. The molecule has 1 unspecified atom stereocenters. The molecule has 0 saturated heterocycles. The number of benzene rings is 6. The van der Waals surface area contributed by atoms with Crippen LogP contribution in [0.25, 0.3) is 69.6 Å². The molecule has 3 aliphatic rings. The molecule has 8 aromatic rings. The molecule has 0 saturated carbocycles. The first-order valence-corrected chi connectivity index (χ1v) is 18.6. The number of para-hydroxylation sites is 1. The van der Waals surface area contributed by atoms with Gasteiger partial charge in [0.25, 0.3) is 0 Å². The largest absolute Gasteiger partial charge is 0.309 e. The van der Waals surface area contributed by atoms with Crippen molar-refractivity contribution in [3.8, 4) is 5.69 Å². The van der Waals surface area contributed by atoms with Gasteiger partial charge in [-0.1, -0.05) is 109 Å². The number of rotatable bonds is 3. The van der Waals surface area contributed by atoms with E-state index in [0.717, 1.165) is 19.3 Å². The van der Waals surface area contributed by atoms with Crippen molar-refractivity contribution in [3.05, 3.63) is 186 Å². The van der Waals surface area contributed by atoms with Crippen LogP contribution in [0.5, 0.6) is 0 Å². The quantitative estimate of drug-likeness (QED) is 0.178. The molecule has 0 bridgehead atoms. The zero-order valence-corrected chi connectivity index (χ0v) is 28.4. The Balaban J connectivity index is 1.07. The van der Waals surface area contributed by atoms with Crippen molar-refractivity contribution in [1.29, 1.82) is 0 Å². The van der Waals surface area contributed by atoms with Crippen LogP contribution in [0.3, 0.4) is 0 Å². The Morgan fingerprint density at radius 2 is 1.38 bits per heavy atom. The van der Waals surface area contributed by atoms with Gasteiger partial charge in [-0.15, -0.1) is 11.3 Å². The molecule has 0 N–H and O–H groups in total. The molecule has 2 aromatic heterocycles. The van der Waals surface area contributed by atoms with Gasteiger partial charge in [0.2, 0.25) is 0 Å². The minimum atomic E-state index is 0.361. The number of allylic oxidation sites excluding steroid dienone is 10. The SMILES string of the molecule is C1=CC2CC(c3ccc4c(c3)c3ccccc3n4-c3ccc4ccccc4c3)=C3C=CCCC3=C2C(c2ccc3sc4ccccc4c3c2)=C1. The predicted octanol–water partition coefficient (Wildman–Crippen LogP) is 13.4. The first-order chi connectivity index (χ1) is 24.8. The Morgan fingerprint density at radius 3 is 2.34 bits per heavy atom. The second-order valence-corrected chi connectivity index (χ2v) is 15.0. The number of hydrogen-bond donors (Lipinski definition) is 0. The van der Waals surface area contributed by atoms with Gasteiger partial charge in [0.1, 0.15) is 0 Å². The normalized spacial score (nSPS) is 17.4. The van der Waals surface area contributed by atoms with Crippen LogP contribution in [0.4, 0.5) is 0 Å². The summed E-state index contributed by atoms with van der Waals surface area (Å²) >= 11 is 1.89. The van der Waals surface area contributed by atoms with E-state index < -0.39 is 0 Å². The van der Waals surface area contributed by atoms with Crippen LogP contribution < -0.4 is 0 Å². The number of fused-ring (bicyclic) bond motifs is 9. The van der Waals surface area contributed by atoms with Gasteiger partial charge >= 0.3 is 0 Å². The van der Waals surface area contributed by atoms with E-state index in [1.807, 2.05) is 11.3 Å². The van der Waals surface area contributed by atoms with E-state index in [9.17, 15) is 0 Å². The smallest absolute Gasteiger partial charge is 0.0541 e. The van der Waals surface area contributed by atoms with Crippen molar-refractivity contribution in [3.63, 3.8) is 0 Å². The van der Waals surface area contributed by atoms with Gasteiger partial charge in [0, 0.05) is 42.6 Å². The van der Waals surface area contributed by atoms with E-state index in [2.05, 4.69) is 162 Å². The first-order valence-electron chi connectivity index (χ1n) is 17.7.